The monoisotopic (exact) mass is 309 g/mol. The topological polar surface area (TPSA) is 64.6 Å². The lowest BCUT2D eigenvalue weighted by Crippen LogP contribution is -2.51. The number of alkyl halides is 1. The molecule has 1 amide bonds. The maximum atomic E-state index is 11.6. The summed E-state index contributed by atoms with van der Waals surface area (Å²) in [5, 5.41) is 2.48. The second kappa shape index (κ2) is 6.23. The predicted molar refractivity (Wildman–Crippen MR) is 68.0 cm³/mol. The van der Waals surface area contributed by atoms with Crippen LogP contribution in [-0.4, -0.2) is 29.2 Å². The Morgan fingerprint density at radius 2 is 1.82 bits per heavy atom. The summed E-state index contributed by atoms with van der Waals surface area (Å²) in [4.78, 5) is 23.2. The van der Waals surface area contributed by atoms with Gasteiger partial charge in [0.15, 0.2) is 4.45 Å². The molecule has 0 aliphatic carbocycles. The Labute approximate surface area is 110 Å². The molecule has 0 fully saturated rings. The normalized spacial score (nSPS) is 14.7. The molecular weight excluding hydrogens is 290 g/mol. The lowest BCUT2D eigenvalue weighted by Gasteiger charge is -2.27. The molecule has 0 spiro atoms. The highest BCUT2D eigenvalue weighted by Gasteiger charge is 2.38. The van der Waals surface area contributed by atoms with Gasteiger partial charge in [0.2, 0.25) is 0 Å². The molecule has 0 saturated heterocycles. The molecule has 0 heterocycles. The average molecular weight is 310 g/mol. The Kier molecular flexibility index (Phi) is 5.95. The molecule has 0 aromatic rings. The summed E-state index contributed by atoms with van der Waals surface area (Å²) in [7, 11) is 1.27. The van der Waals surface area contributed by atoms with Crippen LogP contribution in [0.25, 0.3) is 0 Å². The Hall–Kier alpha value is -0.780. The van der Waals surface area contributed by atoms with Gasteiger partial charge in [-0.15, -0.1) is 0 Å². The Morgan fingerprint density at radius 1 is 1.29 bits per heavy atom. The lowest BCUT2D eigenvalue weighted by atomic mass is 10.1. The Balaban J connectivity index is 4.66. The van der Waals surface area contributed by atoms with Crippen molar-refractivity contribution in [2.45, 2.75) is 50.6 Å². The van der Waals surface area contributed by atoms with Crippen LogP contribution in [0.4, 0.5) is 4.79 Å². The first-order chi connectivity index (χ1) is 7.64. The first-order valence-electron chi connectivity index (χ1n) is 5.43. The van der Waals surface area contributed by atoms with E-state index in [4.69, 9.17) is 4.74 Å². The Bertz CT molecular complexity index is 288. The van der Waals surface area contributed by atoms with Crippen molar-refractivity contribution in [1.82, 2.24) is 5.32 Å². The fraction of sp³-hybridized carbons (Fsp3) is 0.818. The highest BCUT2D eigenvalue weighted by molar-refractivity contribution is 9.10. The lowest BCUT2D eigenvalue weighted by molar-refractivity contribution is -0.144. The number of ether oxygens (including phenoxy) is 2. The third-order valence-corrected chi connectivity index (χ3v) is 2.72. The van der Waals surface area contributed by atoms with E-state index in [-0.39, 0.29) is 0 Å². The van der Waals surface area contributed by atoms with Crippen molar-refractivity contribution in [3.63, 3.8) is 0 Å². The number of hydrogen-bond donors (Lipinski definition) is 1. The number of alkyl carbamates (subject to hydrolysis) is 1. The van der Waals surface area contributed by atoms with Gasteiger partial charge in [0.25, 0.3) is 0 Å². The summed E-state index contributed by atoms with van der Waals surface area (Å²) in [6, 6.07) is 0. The zero-order chi connectivity index (χ0) is 13.7. The largest absolute Gasteiger partial charge is 0.467 e. The van der Waals surface area contributed by atoms with E-state index in [0.29, 0.717) is 12.8 Å². The van der Waals surface area contributed by atoms with E-state index >= 15 is 0 Å². The van der Waals surface area contributed by atoms with E-state index in [1.165, 1.54) is 7.11 Å². The van der Waals surface area contributed by atoms with Crippen LogP contribution in [0, 0.1) is 0 Å². The number of methoxy groups -OCH3 is 1. The third kappa shape index (κ3) is 5.91. The smallest absolute Gasteiger partial charge is 0.409 e. The average Bonchev–Trinajstić information content (AvgIpc) is 2.13. The van der Waals surface area contributed by atoms with E-state index in [1.54, 1.807) is 20.8 Å². The number of amides is 1. The van der Waals surface area contributed by atoms with Crippen molar-refractivity contribution < 1.29 is 19.1 Å². The molecule has 0 radical (unpaired) electrons. The number of esters is 1. The van der Waals surface area contributed by atoms with Gasteiger partial charge in [-0.05, 0) is 43.1 Å². The van der Waals surface area contributed by atoms with Gasteiger partial charge in [-0.25, -0.2) is 9.59 Å². The van der Waals surface area contributed by atoms with E-state index < -0.39 is 22.1 Å². The summed E-state index contributed by atoms with van der Waals surface area (Å²) in [5.41, 5.74) is -0.611. The molecule has 0 aromatic heterocycles. The zero-order valence-corrected chi connectivity index (χ0v) is 12.5. The van der Waals surface area contributed by atoms with Gasteiger partial charge in [0.05, 0.1) is 7.11 Å². The molecule has 100 valence electrons. The molecule has 6 heteroatoms. The van der Waals surface area contributed by atoms with E-state index in [0.717, 1.165) is 0 Å². The summed E-state index contributed by atoms with van der Waals surface area (Å²) in [6.45, 7) is 7.15. The highest BCUT2D eigenvalue weighted by Crippen LogP contribution is 2.23. The van der Waals surface area contributed by atoms with Crippen molar-refractivity contribution in [1.29, 1.82) is 0 Å². The van der Waals surface area contributed by atoms with Gasteiger partial charge in [-0.1, -0.05) is 13.3 Å². The highest BCUT2D eigenvalue weighted by atomic mass is 79.9. The Morgan fingerprint density at radius 3 is 2.18 bits per heavy atom. The summed E-state index contributed by atoms with van der Waals surface area (Å²) in [5.74, 6) is -0.551. The molecule has 1 atom stereocenters. The van der Waals surface area contributed by atoms with Gasteiger partial charge < -0.3 is 9.47 Å². The van der Waals surface area contributed by atoms with Gasteiger partial charge >= 0.3 is 12.1 Å². The molecule has 0 saturated carbocycles. The van der Waals surface area contributed by atoms with E-state index in [1.807, 2.05) is 6.92 Å². The zero-order valence-electron chi connectivity index (χ0n) is 10.9. The van der Waals surface area contributed by atoms with Gasteiger partial charge in [0.1, 0.15) is 5.60 Å². The van der Waals surface area contributed by atoms with Crippen molar-refractivity contribution in [2.24, 2.45) is 0 Å². The van der Waals surface area contributed by atoms with Gasteiger partial charge in [0, 0.05) is 0 Å². The van der Waals surface area contributed by atoms with E-state index in [2.05, 4.69) is 26.0 Å². The SMILES string of the molecule is CCC[C@@](Br)(NC(=O)OC(C)(C)C)C(=O)OC. The van der Waals surface area contributed by atoms with Gasteiger partial charge in [-0.2, -0.15) is 0 Å². The molecule has 0 aliphatic rings. The molecule has 0 aromatic carbocycles. The number of carbonyl (C=O) groups excluding carboxylic acids is 2. The van der Waals surface area contributed by atoms with Crippen molar-refractivity contribution in [3.8, 4) is 0 Å². The first kappa shape index (κ1) is 16.2. The van der Waals surface area contributed by atoms with Crippen LogP contribution in [0.15, 0.2) is 0 Å². The number of rotatable bonds is 4. The number of carbonyl (C=O) groups is 2. The van der Waals surface area contributed by atoms with Crippen molar-refractivity contribution in [2.75, 3.05) is 7.11 Å². The fourth-order valence-electron chi connectivity index (χ4n) is 1.19. The van der Waals surface area contributed by atoms with Crippen molar-refractivity contribution in [3.05, 3.63) is 0 Å². The van der Waals surface area contributed by atoms with Gasteiger partial charge in [-0.3, -0.25) is 5.32 Å². The minimum atomic E-state index is -1.22. The molecular formula is C11H20BrNO4. The second-order valence-electron chi connectivity index (χ2n) is 4.67. The van der Waals surface area contributed by atoms with Crippen LogP contribution in [0.3, 0.4) is 0 Å². The summed E-state index contributed by atoms with van der Waals surface area (Å²) in [6.07, 6.45) is 0.461. The second-order valence-corrected chi connectivity index (χ2v) is 6.02. The number of nitrogens with one attached hydrogen (secondary N) is 1. The summed E-state index contributed by atoms with van der Waals surface area (Å²) >= 11 is 3.19. The van der Waals surface area contributed by atoms with Crippen LogP contribution in [-0.2, 0) is 14.3 Å². The molecule has 0 aliphatic heterocycles. The standard InChI is InChI=1S/C11H20BrNO4/c1-6-7-11(12,8(14)16-5)13-9(15)17-10(2,3)4/h6-7H2,1-5H3,(H,13,15)/t11-/m1/s1. The fourth-order valence-corrected chi connectivity index (χ4v) is 1.91. The van der Waals surface area contributed by atoms with Crippen LogP contribution in [0.1, 0.15) is 40.5 Å². The maximum Gasteiger partial charge on any atom is 0.409 e. The minimum Gasteiger partial charge on any atom is -0.467 e. The van der Waals surface area contributed by atoms with E-state index in [9.17, 15) is 9.59 Å². The quantitative estimate of drug-likeness (QED) is 0.492. The van der Waals surface area contributed by atoms with Crippen LogP contribution in [0.2, 0.25) is 0 Å². The molecule has 0 unspecified atom stereocenters. The number of hydrogen-bond acceptors (Lipinski definition) is 4. The molecule has 5 nitrogen and oxygen atoms in total. The number of halogens is 1. The minimum absolute atomic E-state index is 0.416. The van der Waals surface area contributed by atoms with Crippen LogP contribution >= 0.6 is 15.9 Å². The summed E-state index contributed by atoms with van der Waals surface area (Å²) < 4.78 is 8.51. The third-order valence-electron chi connectivity index (χ3n) is 1.80. The first-order valence-corrected chi connectivity index (χ1v) is 6.22. The maximum absolute atomic E-state index is 11.6. The molecule has 0 rings (SSSR count). The molecule has 17 heavy (non-hydrogen) atoms. The molecule has 1 N–H and O–H groups in total. The van der Waals surface area contributed by atoms with Crippen LogP contribution < -0.4 is 5.32 Å². The predicted octanol–water partition coefficient (Wildman–Crippen LogP) is 2.58. The van der Waals surface area contributed by atoms with Crippen molar-refractivity contribution >= 4 is 28.0 Å². The van der Waals surface area contributed by atoms with Crippen LogP contribution in [0.5, 0.6) is 0 Å². The molecule has 0 bridgehead atoms.